The second-order valence-electron chi connectivity index (χ2n) is 5.32. The van der Waals surface area contributed by atoms with Gasteiger partial charge in [-0.15, -0.1) is 0 Å². The summed E-state index contributed by atoms with van der Waals surface area (Å²) in [6.07, 6.45) is 0.547. The summed E-state index contributed by atoms with van der Waals surface area (Å²) in [5.41, 5.74) is 1.53. The van der Waals surface area contributed by atoms with E-state index in [0.29, 0.717) is 12.1 Å². The third kappa shape index (κ3) is 5.55. The highest BCUT2D eigenvalue weighted by Crippen LogP contribution is 2.25. The predicted molar refractivity (Wildman–Crippen MR) is 100 cm³/mol. The lowest BCUT2D eigenvalue weighted by molar-refractivity contribution is -0.114. The van der Waals surface area contributed by atoms with Crippen molar-refractivity contribution in [2.24, 2.45) is 0 Å². The summed E-state index contributed by atoms with van der Waals surface area (Å²) in [4.78, 5) is 11.1. The van der Waals surface area contributed by atoms with Gasteiger partial charge in [0.05, 0.1) is 16.5 Å². The molecule has 0 heterocycles. The first-order chi connectivity index (χ1) is 11.8. The Morgan fingerprint density at radius 3 is 2.40 bits per heavy atom. The second-order valence-corrected chi connectivity index (χ2v) is 7.94. The average Bonchev–Trinajstić information content (AvgIpc) is 2.55. The van der Waals surface area contributed by atoms with Gasteiger partial charge >= 0.3 is 0 Å². The normalized spacial score (nSPS) is 11.2. The highest BCUT2D eigenvalue weighted by Gasteiger charge is 2.13. The number of methoxy groups -OCH3 is 1. The molecule has 1 amide bonds. The molecule has 2 aromatic carbocycles. The molecule has 0 aliphatic rings. The number of hydrogen-bond acceptors (Lipinski definition) is 4. The van der Waals surface area contributed by atoms with E-state index in [4.69, 9.17) is 4.74 Å². The van der Waals surface area contributed by atoms with E-state index in [-0.39, 0.29) is 17.3 Å². The molecule has 0 unspecified atom stereocenters. The predicted octanol–water partition coefficient (Wildman–Crippen LogP) is 2.94. The van der Waals surface area contributed by atoms with Gasteiger partial charge in [-0.2, -0.15) is 0 Å². The number of sulfonamides is 1. The van der Waals surface area contributed by atoms with Gasteiger partial charge in [0.15, 0.2) is 0 Å². The molecule has 8 heteroatoms. The van der Waals surface area contributed by atoms with E-state index in [1.54, 1.807) is 19.2 Å². The van der Waals surface area contributed by atoms with Crippen LogP contribution in [0.15, 0.2) is 51.8 Å². The lowest BCUT2D eigenvalue weighted by atomic mass is 10.1. The first kappa shape index (κ1) is 19.4. The molecule has 0 radical (unpaired) electrons. The van der Waals surface area contributed by atoms with Crippen molar-refractivity contribution in [3.63, 3.8) is 0 Å². The van der Waals surface area contributed by atoms with Crippen molar-refractivity contribution >= 4 is 37.5 Å². The van der Waals surface area contributed by atoms with E-state index in [2.05, 4.69) is 26.0 Å². The zero-order valence-corrected chi connectivity index (χ0v) is 16.3. The van der Waals surface area contributed by atoms with Gasteiger partial charge in [0.2, 0.25) is 15.9 Å². The molecule has 2 rings (SSSR count). The van der Waals surface area contributed by atoms with Crippen molar-refractivity contribution in [3.8, 4) is 5.75 Å². The molecular weight excluding hydrogens is 408 g/mol. The number of carbonyl (C=O) groups excluding carboxylic acids is 1. The third-order valence-corrected chi connectivity index (χ3v) is 5.50. The third-order valence-electron chi connectivity index (χ3n) is 3.41. The molecule has 0 saturated heterocycles. The van der Waals surface area contributed by atoms with Gasteiger partial charge < -0.3 is 10.1 Å². The van der Waals surface area contributed by atoms with Gasteiger partial charge in [-0.3, -0.25) is 4.79 Å². The summed E-state index contributed by atoms with van der Waals surface area (Å²) in [5.74, 6) is 0.517. The Bertz CT molecular complexity index is 851. The quantitative estimate of drug-likeness (QED) is 0.712. The maximum Gasteiger partial charge on any atom is 0.240 e. The molecule has 0 aliphatic carbocycles. The van der Waals surface area contributed by atoms with Crippen LogP contribution in [0.4, 0.5) is 5.69 Å². The zero-order chi connectivity index (χ0) is 18.4. The van der Waals surface area contributed by atoms with Crippen LogP contribution in [0.5, 0.6) is 5.75 Å². The van der Waals surface area contributed by atoms with Crippen LogP contribution in [0, 0.1) is 0 Å². The van der Waals surface area contributed by atoms with E-state index in [0.717, 1.165) is 15.8 Å². The number of halogens is 1. The number of hydrogen-bond donors (Lipinski definition) is 2. The van der Waals surface area contributed by atoms with E-state index >= 15 is 0 Å². The number of nitrogens with one attached hydrogen (secondary N) is 2. The molecule has 0 atom stereocenters. The van der Waals surface area contributed by atoms with Crippen LogP contribution in [-0.2, 0) is 21.2 Å². The van der Waals surface area contributed by atoms with Gasteiger partial charge in [0.25, 0.3) is 0 Å². The van der Waals surface area contributed by atoms with Crippen molar-refractivity contribution < 1.29 is 17.9 Å². The van der Waals surface area contributed by atoms with E-state index in [9.17, 15) is 13.2 Å². The van der Waals surface area contributed by atoms with Crippen molar-refractivity contribution in [1.82, 2.24) is 4.72 Å². The SMILES string of the molecule is COc1ccc(CCNS(=O)(=O)c2ccc(NC(C)=O)cc2)cc1Br. The smallest absolute Gasteiger partial charge is 0.240 e. The fraction of sp³-hybridized carbons (Fsp3) is 0.235. The first-order valence-corrected chi connectivity index (χ1v) is 9.79. The van der Waals surface area contributed by atoms with Gasteiger partial charge in [-0.25, -0.2) is 13.1 Å². The molecule has 0 aromatic heterocycles. The number of rotatable bonds is 7. The Hall–Kier alpha value is -1.90. The molecule has 0 aliphatic heterocycles. The van der Waals surface area contributed by atoms with Gasteiger partial charge in [-0.1, -0.05) is 6.07 Å². The van der Waals surface area contributed by atoms with Gasteiger partial charge in [0.1, 0.15) is 5.75 Å². The summed E-state index contributed by atoms with van der Waals surface area (Å²) in [6.45, 7) is 1.66. The molecular formula is C17H19BrN2O4S. The lowest BCUT2D eigenvalue weighted by Gasteiger charge is -2.09. The molecule has 0 saturated carbocycles. The topological polar surface area (TPSA) is 84.5 Å². The minimum atomic E-state index is -3.60. The number of benzene rings is 2. The summed E-state index contributed by atoms with van der Waals surface area (Å²) in [5, 5.41) is 2.59. The van der Waals surface area contributed by atoms with Crippen LogP contribution in [0.25, 0.3) is 0 Å². The summed E-state index contributed by atoms with van der Waals surface area (Å²) >= 11 is 3.41. The van der Waals surface area contributed by atoms with Crippen LogP contribution >= 0.6 is 15.9 Å². The number of ether oxygens (including phenoxy) is 1. The maximum atomic E-state index is 12.3. The van der Waals surface area contributed by atoms with E-state index < -0.39 is 10.0 Å². The molecule has 134 valence electrons. The van der Waals surface area contributed by atoms with E-state index in [1.165, 1.54) is 19.1 Å². The van der Waals surface area contributed by atoms with Crippen LogP contribution < -0.4 is 14.8 Å². The number of anilines is 1. The fourth-order valence-corrected chi connectivity index (χ4v) is 3.82. The monoisotopic (exact) mass is 426 g/mol. The Labute approximate surface area is 155 Å². The fourth-order valence-electron chi connectivity index (χ4n) is 2.20. The zero-order valence-electron chi connectivity index (χ0n) is 13.9. The highest BCUT2D eigenvalue weighted by molar-refractivity contribution is 9.10. The van der Waals surface area contributed by atoms with Crippen molar-refractivity contribution in [1.29, 1.82) is 0 Å². The Kier molecular flexibility index (Phi) is 6.57. The molecule has 0 spiro atoms. The van der Waals surface area contributed by atoms with E-state index in [1.807, 2.05) is 18.2 Å². The standard InChI is InChI=1S/C17H19BrN2O4S/c1-12(21)20-14-4-6-15(7-5-14)25(22,23)19-10-9-13-3-8-17(24-2)16(18)11-13/h3-8,11,19H,9-10H2,1-2H3,(H,20,21). The van der Waals surface area contributed by atoms with Crippen molar-refractivity contribution in [3.05, 3.63) is 52.5 Å². The molecule has 25 heavy (non-hydrogen) atoms. The van der Waals surface area contributed by atoms with Gasteiger partial charge in [0, 0.05) is 19.2 Å². The van der Waals surface area contributed by atoms with Crippen LogP contribution in [-0.4, -0.2) is 28.0 Å². The minimum absolute atomic E-state index is 0.150. The largest absolute Gasteiger partial charge is 0.496 e. The van der Waals surface area contributed by atoms with Crippen molar-refractivity contribution in [2.45, 2.75) is 18.2 Å². The van der Waals surface area contributed by atoms with Crippen molar-refractivity contribution in [2.75, 3.05) is 19.0 Å². The van der Waals surface area contributed by atoms with Crippen LogP contribution in [0.3, 0.4) is 0 Å². The van der Waals surface area contributed by atoms with Crippen LogP contribution in [0.2, 0.25) is 0 Å². The van der Waals surface area contributed by atoms with Crippen LogP contribution in [0.1, 0.15) is 12.5 Å². The summed E-state index contributed by atoms with van der Waals surface area (Å²) in [7, 11) is -2.01. The Morgan fingerprint density at radius 2 is 1.84 bits per heavy atom. The summed E-state index contributed by atoms with van der Waals surface area (Å²) < 4.78 is 33.2. The number of carbonyl (C=O) groups is 1. The Morgan fingerprint density at radius 1 is 1.16 bits per heavy atom. The lowest BCUT2D eigenvalue weighted by Crippen LogP contribution is -2.26. The maximum absolute atomic E-state index is 12.3. The molecule has 0 bridgehead atoms. The molecule has 2 aromatic rings. The highest BCUT2D eigenvalue weighted by atomic mass is 79.9. The Balaban J connectivity index is 1.97. The molecule has 6 nitrogen and oxygen atoms in total. The molecule has 2 N–H and O–H groups in total. The average molecular weight is 427 g/mol. The van der Waals surface area contributed by atoms with Gasteiger partial charge in [-0.05, 0) is 64.3 Å². The number of amides is 1. The second kappa shape index (κ2) is 8.46. The summed E-state index contributed by atoms with van der Waals surface area (Å²) in [6, 6.07) is 11.6. The minimum Gasteiger partial charge on any atom is -0.496 e. The molecule has 0 fully saturated rings. The first-order valence-electron chi connectivity index (χ1n) is 7.51.